The molecule has 0 radical (unpaired) electrons. The number of rotatable bonds is 7. The maximum Gasteiger partial charge on any atom is 0.132 e. The topological polar surface area (TPSA) is 76.1 Å². The number of nitrogens with one attached hydrogen (secondary N) is 1. The predicted molar refractivity (Wildman–Crippen MR) is 95.4 cm³/mol. The predicted octanol–water partition coefficient (Wildman–Crippen LogP) is 3.08. The average Bonchev–Trinajstić information content (AvgIpc) is 3.24. The molecule has 132 valence electrons. The van der Waals surface area contributed by atoms with Gasteiger partial charge in [-0.15, -0.1) is 0 Å². The van der Waals surface area contributed by atoms with Gasteiger partial charge >= 0.3 is 0 Å². The number of nitrogens with zero attached hydrogens (tertiary/aromatic N) is 3. The van der Waals surface area contributed by atoms with Crippen molar-refractivity contribution in [2.45, 2.75) is 45.9 Å². The van der Waals surface area contributed by atoms with Crippen LogP contribution in [-0.4, -0.2) is 26.1 Å². The standard InChI is InChI=1S/C19H24N4O2/c1-13-7-14(2)9-17(8-13)23-21-12-16(22-23)11-20-15(3)10-18(24)19-5-4-6-25-19/h4-9,12,15,18,20,24H,10-11H2,1-3H3. The number of hydrogen-bond acceptors (Lipinski definition) is 5. The summed E-state index contributed by atoms with van der Waals surface area (Å²) in [5, 5.41) is 22.4. The second-order valence-electron chi connectivity index (χ2n) is 6.52. The van der Waals surface area contributed by atoms with Crippen molar-refractivity contribution in [1.82, 2.24) is 20.3 Å². The van der Waals surface area contributed by atoms with Crippen LogP contribution in [0.15, 0.2) is 47.2 Å². The van der Waals surface area contributed by atoms with E-state index >= 15 is 0 Å². The molecule has 0 saturated carbocycles. The molecule has 3 aromatic rings. The Balaban J connectivity index is 1.56. The molecule has 2 atom stereocenters. The molecular formula is C19H24N4O2. The lowest BCUT2D eigenvalue weighted by atomic mass is 10.1. The summed E-state index contributed by atoms with van der Waals surface area (Å²) in [4.78, 5) is 1.65. The van der Waals surface area contributed by atoms with E-state index in [9.17, 15) is 5.11 Å². The smallest absolute Gasteiger partial charge is 0.132 e. The van der Waals surface area contributed by atoms with Crippen molar-refractivity contribution in [3.63, 3.8) is 0 Å². The highest BCUT2D eigenvalue weighted by Gasteiger charge is 2.15. The van der Waals surface area contributed by atoms with Crippen molar-refractivity contribution in [3.8, 4) is 5.69 Å². The third-order valence-corrected chi connectivity index (χ3v) is 4.06. The Hall–Kier alpha value is -2.44. The van der Waals surface area contributed by atoms with Crippen molar-refractivity contribution < 1.29 is 9.52 Å². The Bertz CT molecular complexity index is 790. The third kappa shape index (κ3) is 4.55. The van der Waals surface area contributed by atoms with E-state index in [-0.39, 0.29) is 6.04 Å². The normalized spacial score (nSPS) is 13.8. The van der Waals surface area contributed by atoms with Gasteiger partial charge in [0, 0.05) is 12.6 Å². The summed E-state index contributed by atoms with van der Waals surface area (Å²) in [5.41, 5.74) is 4.20. The molecule has 25 heavy (non-hydrogen) atoms. The molecule has 0 saturated heterocycles. The summed E-state index contributed by atoms with van der Waals surface area (Å²) in [6.07, 6.45) is 3.30. The van der Waals surface area contributed by atoms with Crippen LogP contribution in [0.5, 0.6) is 0 Å². The number of benzene rings is 1. The molecule has 0 amide bonds. The Morgan fingerprint density at radius 1 is 1.24 bits per heavy atom. The van der Waals surface area contributed by atoms with Crippen LogP contribution in [-0.2, 0) is 6.54 Å². The number of furan rings is 1. The van der Waals surface area contributed by atoms with Crippen molar-refractivity contribution in [3.05, 3.63) is 65.4 Å². The minimum Gasteiger partial charge on any atom is -0.467 e. The zero-order valence-electron chi connectivity index (χ0n) is 14.8. The largest absolute Gasteiger partial charge is 0.467 e. The van der Waals surface area contributed by atoms with Gasteiger partial charge in [-0.25, -0.2) is 0 Å². The van der Waals surface area contributed by atoms with E-state index in [1.165, 1.54) is 11.1 Å². The van der Waals surface area contributed by atoms with Gasteiger partial charge in [0.25, 0.3) is 0 Å². The molecule has 2 N–H and O–H groups in total. The fourth-order valence-electron chi connectivity index (χ4n) is 2.86. The number of aromatic nitrogens is 3. The van der Waals surface area contributed by atoms with Gasteiger partial charge in [-0.1, -0.05) is 6.07 Å². The van der Waals surface area contributed by atoms with Crippen molar-refractivity contribution in [2.75, 3.05) is 0 Å². The van der Waals surface area contributed by atoms with Crippen LogP contribution in [0.25, 0.3) is 5.69 Å². The molecule has 2 heterocycles. The van der Waals surface area contributed by atoms with E-state index < -0.39 is 6.10 Å². The van der Waals surface area contributed by atoms with Crippen molar-refractivity contribution in [1.29, 1.82) is 0 Å². The molecule has 6 nitrogen and oxygen atoms in total. The summed E-state index contributed by atoms with van der Waals surface area (Å²) in [7, 11) is 0. The summed E-state index contributed by atoms with van der Waals surface area (Å²) in [5.74, 6) is 0.592. The highest BCUT2D eigenvalue weighted by atomic mass is 16.4. The second-order valence-corrected chi connectivity index (χ2v) is 6.52. The first-order valence-electron chi connectivity index (χ1n) is 8.46. The Kier molecular flexibility index (Phi) is 5.31. The minimum atomic E-state index is -0.608. The molecular weight excluding hydrogens is 316 g/mol. The third-order valence-electron chi connectivity index (χ3n) is 4.06. The average molecular weight is 340 g/mol. The van der Waals surface area contributed by atoms with Crippen LogP contribution in [0.2, 0.25) is 0 Å². The lowest BCUT2D eigenvalue weighted by Gasteiger charge is -2.15. The number of hydrogen-bond donors (Lipinski definition) is 2. The first kappa shape index (κ1) is 17.4. The van der Waals surface area contributed by atoms with Crippen molar-refractivity contribution >= 4 is 0 Å². The van der Waals surface area contributed by atoms with Crippen LogP contribution < -0.4 is 5.32 Å². The molecule has 0 aliphatic carbocycles. The first-order chi connectivity index (χ1) is 12.0. The number of aliphatic hydroxyl groups excluding tert-OH is 1. The Labute approximate surface area is 147 Å². The number of aryl methyl sites for hydroxylation is 2. The molecule has 2 aromatic heterocycles. The van der Waals surface area contributed by atoms with Crippen molar-refractivity contribution in [2.24, 2.45) is 0 Å². The van der Waals surface area contributed by atoms with E-state index in [0.717, 1.165) is 11.4 Å². The van der Waals surface area contributed by atoms with Gasteiger partial charge in [0.1, 0.15) is 11.9 Å². The summed E-state index contributed by atoms with van der Waals surface area (Å²) < 4.78 is 5.23. The molecule has 2 unspecified atom stereocenters. The monoisotopic (exact) mass is 340 g/mol. The van der Waals surface area contributed by atoms with Crippen LogP contribution in [0.3, 0.4) is 0 Å². The fraction of sp³-hybridized carbons (Fsp3) is 0.368. The first-order valence-corrected chi connectivity index (χ1v) is 8.46. The Morgan fingerprint density at radius 2 is 2.00 bits per heavy atom. The summed E-state index contributed by atoms with van der Waals surface area (Å²) in [6.45, 7) is 6.75. The maximum atomic E-state index is 10.1. The lowest BCUT2D eigenvalue weighted by Crippen LogP contribution is -2.27. The fourth-order valence-corrected chi connectivity index (χ4v) is 2.86. The molecule has 0 aliphatic heterocycles. The summed E-state index contributed by atoms with van der Waals surface area (Å²) in [6, 6.07) is 9.93. The van der Waals surface area contributed by atoms with Crippen LogP contribution in [0.1, 0.15) is 42.0 Å². The lowest BCUT2D eigenvalue weighted by molar-refractivity contribution is 0.128. The molecule has 0 fully saturated rings. The van der Waals surface area contributed by atoms with Gasteiger partial charge in [-0.2, -0.15) is 15.0 Å². The Morgan fingerprint density at radius 3 is 2.68 bits per heavy atom. The van der Waals surface area contributed by atoms with E-state index in [1.807, 2.05) is 6.92 Å². The second kappa shape index (κ2) is 7.63. The maximum absolute atomic E-state index is 10.1. The molecule has 0 aliphatic rings. The highest BCUT2D eigenvalue weighted by molar-refractivity contribution is 5.37. The SMILES string of the molecule is Cc1cc(C)cc(-n2ncc(CNC(C)CC(O)c3ccco3)n2)c1. The molecule has 3 rings (SSSR count). The van der Waals surface area contributed by atoms with Gasteiger partial charge in [0.05, 0.1) is 23.8 Å². The van der Waals surface area contributed by atoms with E-state index in [2.05, 4.69) is 47.6 Å². The minimum absolute atomic E-state index is 0.117. The number of aliphatic hydroxyl groups is 1. The molecule has 0 bridgehead atoms. The van der Waals surface area contributed by atoms with Gasteiger partial charge in [-0.05, 0) is 62.6 Å². The van der Waals surface area contributed by atoms with Gasteiger partial charge in [0.15, 0.2) is 0 Å². The van der Waals surface area contributed by atoms with Crippen LogP contribution in [0.4, 0.5) is 0 Å². The van der Waals surface area contributed by atoms with Gasteiger partial charge < -0.3 is 14.8 Å². The zero-order valence-corrected chi connectivity index (χ0v) is 14.8. The molecule has 0 spiro atoms. The van der Waals surface area contributed by atoms with Crippen LogP contribution in [0, 0.1) is 13.8 Å². The van der Waals surface area contributed by atoms with Gasteiger partial charge in [0.2, 0.25) is 0 Å². The zero-order chi connectivity index (χ0) is 17.8. The molecule has 6 heteroatoms. The van der Waals surface area contributed by atoms with E-state index in [4.69, 9.17) is 4.42 Å². The molecule has 1 aromatic carbocycles. The van der Waals surface area contributed by atoms with E-state index in [1.54, 1.807) is 29.4 Å². The quantitative estimate of drug-likeness (QED) is 0.691. The van der Waals surface area contributed by atoms with Crippen LogP contribution >= 0.6 is 0 Å². The van der Waals surface area contributed by atoms with E-state index in [0.29, 0.717) is 18.7 Å². The van der Waals surface area contributed by atoms with Gasteiger partial charge in [-0.3, -0.25) is 0 Å². The summed E-state index contributed by atoms with van der Waals surface area (Å²) >= 11 is 0. The highest BCUT2D eigenvalue weighted by Crippen LogP contribution is 2.18.